The number of carbonyl (C=O) groups is 2. The third kappa shape index (κ3) is 16.6. The first kappa shape index (κ1) is 83.3. The number of ether oxygens (including phenoxy) is 11. The molecule has 0 radical (unpaired) electrons. The Morgan fingerprint density at radius 3 is 1.78 bits per heavy atom. The molecule has 5 heterocycles. The van der Waals surface area contributed by atoms with E-state index in [0.29, 0.717) is 51.4 Å². The van der Waals surface area contributed by atoms with E-state index in [4.69, 9.17) is 52.1 Å². The van der Waals surface area contributed by atoms with Crippen molar-refractivity contribution in [3.63, 3.8) is 0 Å². The fourth-order valence-electron chi connectivity index (χ4n) is 16.8. The molecular weight excluding hydrogens is 1350 g/mol. The Bertz CT molecular complexity index is 3070. The van der Waals surface area contributed by atoms with Gasteiger partial charge in [-0.05, 0) is 102 Å². The molecule has 7 N–H and O–H groups in total. The Hall–Kier alpha value is 0.390. The maximum absolute atomic E-state index is 14.7. The number of carbonyl (C=O) groups excluding carboxylic acids is 2. The minimum absolute atomic E-state index is 0. The number of cyclic esters (lactones) is 1. The van der Waals surface area contributed by atoms with Gasteiger partial charge < -0.3 is 102 Å². The molecule has 9 rings (SSSR count). The molecule has 38 heteroatoms. The molecule has 28 atom stereocenters. The van der Waals surface area contributed by atoms with Crippen molar-refractivity contribution < 1.29 is 238 Å². The normalized spacial score (nSPS) is 45.1. The number of fused-ring (bicyclic) bond motifs is 4. The molecule has 0 aromatic rings. The first-order chi connectivity index (χ1) is 42.1. The molecule has 9 aliphatic rings. The molecule has 4 aliphatic carbocycles. The zero-order chi connectivity index (χ0) is 67.3. The maximum Gasteiger partial charge on any atom is 1.00 e. The van der Waals surface area contributed by atoms with Crippen molar-refractivity contribution in [3.05, 3.63) is 23.3 Å². The van der Waals surface area contributed by atoms with Crippen molar-refractivity contribution in [1.29, 1.82) is 0 Å². The van der Waals surface area contributed by atoms with E-state index in [1.54, 1.807) is 0 Å². The van der Waals surface area contributed by atoms with E-state index in [0.717, 1.165) is 18.3 Å². The first-order valence-electron chi connectivity index (χ1n) is 30.2. The maximum atomic E-state index is 14.7. The number of esters is 2. The quantitative estimate of drug-likeness (QED) is 0.0184. The zero-order valence-electron chi connectivity index (χ0n) is 54.9. The van der Waals surface area contributed by atoms with Crippen molar-refractivity contribution in [3.8, 4) is 0 Å². The third-order valence-corrected chi connectivity index (χ3v) is 22.3. The van der Waals surface area contributed by atoms with Crippen LogP contribution in [0, 0.1) is 39.4 Å². The zero-order valence-corrected chi connectivity index (χ0v) is 63.3. The van der Waals surface area contributed by atoms with E-state index >= 15 is 0 Å². The minimum atomic E-state index is -5.51. The van der Waals surface area contributed by atoms with Crippen molar-refractivity contribution in [1.82, 2.24) is 0 Å². The summed E-state index contributed by atoms with van der Waals surface area (Å²) in [5.41, 5.74) is -1.46. The Morgan fingerprint density at radius 1 is 0.670 bits per heavy atom. The van der Waals surface area contributed by atoms with Crippen LogP contribution in [-0.4, -0.2) is 248 Å². The van der Waals surface area contributed by atoms with Crippen LogP contribution in [0.2, 0.25) is 0 Å². The van der Waals surface area contributed by atoms with Crippen LogP contribution < -0.4 is 88.7 Å². The molecule has 25 unspecified atom stereocenters. The molecular formula is C56H85Na3O32S3. The van der Waals surface area contributed by atoms with Crippen LogP contribution in [0.5, 0.6) is 0 Å². The smallest absolute Gasteiger partial charge is 0.726 e. The van der Waals surface area contributed by atoms with E-state index in [-0.39, 0.29) is 106 Å². The second-order valence-corrected chi connectivity index (χ2v) is 30.2. The summed E-state index contributed by atoms with van der Waals surface area (Å²) in [6.07, 6.45) is -30.1. The van der Waals surface area contributed by atoms with Gasteiger partial charge in [0.15, 0.2) is 25.2 Å². The molecule has 3 saturated carbocycles. The predicted molar refractivity (Wildman–Crippen MR) is 297 cm³/mol. The monoisotopic (exact) mass is 1430 g/mol. The molecule has 0 amide bonds. The summed E-state index contributed by atoms with van der Waals surface area (Å²) in [7, 11) is -15.4. The first-order valence-corrected chi connectivity index (χ1v) is 34.2. The summed E-state index contributed by atoms with van der Waals surface area (Å²) in [6.45, 7) is 13.8. The number of hydrogen-bond acceptors (Lipinski definition) is 32. The summed E-state index contributed by atoms with van der Waals surface area (Å²) < 4.78 is 183. The summed E-state index contributed by atoms with van der Waals surface area (Å²) in [4.78, 5) is 27.5. The fraction of sp³-hybridized carbons (Fsp3) is 0.893. The van der Waals surface area contributed by atoms with Gasteiger partial charge in [-0.3, -0.25) is 22.1 Å². The van der Waals surface area contributed by atoms with Crippen LogP contribution in [-0.2, 0) is 105 Å². The van der Waals surface area contributed by atoms with Crippen LogP contribution in [0.15, 0.2) is 23.3 Å². The van der Waals surface area contributed by atoms with Gasteiger partial charge in [-0.2, -0.15) is 0 Å². The molecule has 1 spiro atoms. The Morgan fingerprint density at radius 2 is 1.22 bits per heavy atom. The van der Waals surface area contributed by atoms with Crippen molar-refractivity contribution in [2.45, 2.75) is 248 Å². The Labute approximate surface area is 613 Å². The number of allylic oxidation sites excluding steroid dienone is 4. The summed E-state index contributed by atoms with van der Waals surface area (Å²) >= 11 is 0. The fourth-order valence-corrected chi connectivity index (χ4v) is 17.9. The van der Waals surface area contributed by atoms with Crippen LogP contribution in [0.25, 0.3) is 0 Å². The van der Waals surface area contributed by atoms with Crippen molar-refractivity contribution >= 4 is 43.1 Å². The summed E-state index contributed by atoms with van der Waals surface area (Å²) in [6, 6.07) is 0. The van der Waals surface area contributed by atoms with Crippen LogP contribution in [0.1, 0.15) is 114 Å². The summed E-state index contributed by atoms with van der Waals surface area (Å²) in [5, 5.41) is 80.2. The largest absolute Gasteiger partial charge is 1.00 e. The SMILES string of the molecule is COC1C(O)C(COS(=O)(=O)[O-])OC(OC2C(O)C(COS(=O)(=O)[O-])OC(OC3C(C)OC(OC4C(OC5CC[C@]6(C)C7CCC89C(=O)O[C@@](C)(CCC=C(C)C)C8C(OC(C)=O)C[C@@]9(C)C7=CCC6C5(C)C)OCC(OS(=O)(=O)[O-])C4O)C(O)C3O)C2O)C1O.[Na+].[Na+].[Na+]. The number of rotatable bonds is 21. The van der Waals surface area contributed by atoms with Gasteiger partial charge in [-0.1, -0.05) is 51.0 Å². The number of hydrogen-bond donors (Lipinski definition) is 7. The van der Waals surface area contributed by atoms with Crippen LogP contribution >= 0.6 is 0 Å². The van der Waals surface area contributed by atoms with Gasteiger partial charge in [0, 0.05) is 19.4 Å². The van der Waals surface area contributed by atoms with Gasteiger partial charge in [0.1, 0.15) is 97.2 Å². The van der Waals surface area contributed by atoms with Gasteiger partial charge in [0.25, 0.3) is 0 Å². The van der Waals surface area contributed by atoms with Crippen LogP contribution in [0.3, 0.4) is 0 Å². The van der Waals surface area contributed by atoms with Crippen molar-refractivity contribution in [2.24, 2.45) is 39.4 Å². The van der Waals surface area contributed by atoms with E-state index in [2.05, 4.69) is 38.5 Å². The van der Waals surface area contributed by atoms with Gasteiger partial charge >= 0.3 is 101 Å². The molecule has 0 bridgehead atoms. The number of aliphatic hydroxyl groups is 7. The van der Waals surface area contributed by atoms with E-state index in [1.807, 2.05) is 34.6 Å². The molecule has 5 saturated heterocycles. The number of methoxy groups -OCH3 is 1. The van der Waals surface area contributed by atoms with Gasteiger partial charge in [-0.25, -0.2) is 25.3 Å². The molecule has 8 fully saturated rings. The average molecular weight is 1440 g/mol. The second kappa shape index (κ2) is 31.4. The summed E-state index contributed by atoms with van der Waals surface area (Å²) in [5.74, 6) is -1.25. The Balaban J connectivity index is 0.00000467. The Kier molecular flexibility index (Phi) is 27.8. The number of aliphatic hydroxyl groups excluding tert-OH is 7. The second-order valence-electron chi connectivity index (χ2n) is 27.0. The van der Waals surface area contributed by atoms with Gasteiger partial charge in [0.05, 0.1) is 43.4 Å². The topological polar surface area (TPSA) is 477 Å². The minimum Gasteiger partial charge on any atom is -0.726 e. The van der Waals surface area contributed by atoms with Gasteiger partial charge in [-0.15, -0.1) is 0 Å². The molecule has 0 aromatic heterocycles. The van der Waals surface area contributed by atoms with E-state index < -0.39 is 219 Å². The average Bonchev–Trinajstić information content (AvgIpc) is 1.47. The van der Waals surface area contributed by atoms with E-state index in [9.17, 15) is 84.2 Å². The van der Waals surface area contributed by atoms with Gasteiger partial charge in [0.2, 0.25) is 31.2 Å². The predicted octanol–water partition coefficient (Wildman–Crippen LogP) is -10.4. The van der Waals surface area contributed by atoms with Crippen LogP contribution in [0.4, 0.5) is 0 Å². The molecule has 0 aromatic carbocycles. The van der Waals surface area contributed by atoms with Crippen molar-refractivity contribution in [2.75, 3.05) is 26.9 Å². The molecule has 522 valence electrons. The standard InChI is InChI=1S/C56H88O32S3.3Na/c1-24(2)12-11-17-55(9)46-29(80-26(4)57)20-54(8)28-13-14-33-52(5,6)34(16-18-53(33,7)27(28)15-19-56(46,54)51(65)87-55)83-50-45(37(60)32(21-76-50)88-91(72,73)74)86-47-39(62)38(61)42(25(3)79-47)84-49-41(64)44(36(59)31(82-49)23-78-90(69,70)71)85-48-40(63)43(75-10)35(58)30(81-48)22-77-89(66,67)68;;;/h12-13,25,27,29-50,58-64H,11,14-23H2,1-10H3,(H,66,67,68)(H,69,70,71)(H,72,73,74);;;/q;3*+1/p-3/t25?,27?,29?,30?,31?,32?,33?,34?,35?,36?,37?,38?,39?,40?,41?,42?,43?,44?,45?,46?,47?,48?,49?,50?,53-,54+,55+,56?;;;/m1.../s1. The van der Waals surface area contributed by atoms with E-state index in [1.165, 1.54) is 13.8 Å². The molecule has 94 heavy (non-hydrogen) atoms. The molecule has 32 nitrogen and oxygen atoms in total. The molecule has 5 aliphatic heterocycles. The third-order valence-electron chi connectivity index (χ3n) is 20.9.